The van der Waals surface area contributed by atoms with Crippen LogP contribution in [0.25, 0.3) is 50.4 Å². The zero-order valence-electron chi connectivity index (χ0n) is 25.9. The molecule has 0 saturated carbocycles. The van der Waals surface area contributed by atoms with Crippen LogP contribution in [0.15, 0.2) is 109 Å². The molecule has 0 spiro atoms. The number of aryl methyl sites for hydroxylation is 3. The van der Waals surface area contributed by atoms with E-state index in [1.54, 1.807) is 0 Å². The summed E-state index contributed by atoms with van der Waals surface area (Å²) in [6.07, 6.45) is 0. The van der Waals surface area contributed by atoms with Crippen LogP contribution in [0.5, 0.6) is 0 Å². The number of hydrogen-bond acceptors (Lipinski definition) is 0. The zero-order valence-corrected chi connectivity index (χ0v) is 25.9. The van der Waals surface area contributed by atoms with Crippen LogP contribution in [-0.4, -0.2) is 4.57 Å². The first kappa shape index (κ1) is 27.7. The van der Waals surface area contributed by atoms with Gasteiger partial charge in [-0.25, -0.2) is 4.57 Å². The van der Waals surface area contributed by atoms with E-state index in [-0.39, 0.29) is 0 Å². The molecule has 5 aromatic carbocycles. The molecule has 0 atom stereocenters. The molecule has 0 amide bonds. The molecule has 0 aliphatic rings. The quantitative estimate of drug-likeness (QED) is 0.183. The second-order valence-electron chi connectivity index (χ2n) is 12.3. The van der Waals surface area contributed by atoms with E-state index in [0.717, 1.165) is 0 Å². The van der Waals surface area contributed by atoms with Gasteiger partial charge in [0.2, 0.25) is 0 Å². The summed E-state index contributed by atoms with van der Waals surface area (Å²) in [5.74, 6) is 1.90. The van der Waals surface area contributed by atoms with Gasteiger partial charge in [-0.1, -0.05) is 107 Å². The Morgan fingerprint density at radius 3 is 1.71 bits per heavy atom. The number of imidazole rings is 1. The van der Waals surface area contributed by atoms with Crippen molar-refractivity contribution in [3.05, 3.63) is 131 Å². The van der Waals surface area contributed by atoms with Gasteiger partial charge < -0.3 is 0 Å². The van der Waals surface area contributed by atoms with Crippen LogP contribution >= 0.6 is 0 Å². The maximum Gasteiger partial charge on any atom is 0.295 e. The molecule has 2 nitrogen and oxygen atoms in total. The summed E-state index contributed by atoms with van der Waals surface area (Å²) in [7, 11) is 2.23. The third-order valence-corrected chi connectivity index (χ3v) is 8.59. The molecular formula is C40H41N2+. The molecular weight excluding hydrogens is 508 g/mol. The molecule has 210 valence electrons. The van der Waals surface area contributed by atoms with Gasteiger partial charge >= 0.3 is 0 Å². The Balaban J connectivity index is 1.73. The minimum absolute atomic E-state index is 0.346. The van der Waals surface area contributed by atoms with Gasteiger partial charge in [0, 0.05) is 11.1 Å². The molecule has 0 bridgehead atoms. The molecule has 2 heteroatoms. The van der Waals surface area contributed by atoms with Gasteiger partial charge in [0.25, 0.3) is 5.82 Å². The first-order chi connectivity index (χ1) is 20.2. The monoisotopic (exact) mass is 549 g/mol. The molecule has 0 N–H and O–H groups in total. The molecule has 0 aliphatic carbocycles. The number of aromatic nitrogens is 2. The van der Waals surface area contributed by atoms with E-state index in [2.05, 4.69) is 167 Å². The van der Waals surface area contributed by atoms with Gasteiger partial charge in [-0.15, -0.1) is 0 Å². The first-order valence-electron chi connectivity index (χ1n) is 15.2. The van der Waals surface area contributed by atoms with Crippen LogP contribution in [0.4, 0.5) is 0 Å². The molecule has 0 unspecified atom stereocenters. The lowest BCUT2D eigenvalue weighted by atomic mass is 9.88. The lowest BCUT2D eigenvalue weighted by Gasteiger charge is -2.21. The number of nitrogens with zero attached hydrogens (tertiary/aromatic N) is 2. The molecule has 6 aromatic rings. The van der Waals surface area contributed by atoms with Crippen molar-refractivity contribution >= 4 is 11.0 Å². The Morgan fingerprint density at radius 2 is 1.14 bits per heavy atom. The second-order valence-corrected chi connectivity index (χ2v) is 12.3. The van der Waals surface area contributed by atoms with E-state index < -0.39 is 0 Å². The Bertz CT molecular complexity index is 1860. The Morgan fingerprint density at radius 1 is 0.571 bits per heavy atom. The van der Waals surface area contributed by atoms with Gasteiger partial charge in [0.05, 0.1) is 12.6 Å². The second kappa shape index (κ2) is 11.1. The van der Waals surface area contributed by atoms with Crippen molar-refractivity contribution in [1.29, 1.82) is 0 Å². The Hall–Kier alpha value is -4.43. The van der Waals surface area contributed by atoms with Gasteiger partial charge in [-0.3, -0.25) is 0 Å². The van der Waals surface area contributed by atoms with Crippen molar-refractivity contribution in [3.63, 3.8) is 0 Å². The maximum absolute atomic E-state index is 2.56. The number of fused-ring (bicyclic) bond motifs is 1. The van der Waals surface area contributed by atoms with E-state index in [1.807, 2.05) is 0 Å². The largest absolute Gasteiger partial charge is 0.295 e. The molecule has 1 heterocycles. The minimum Gasteiger partial charge on any atom is -0.225 e. The van der Waals surface area contributed by atoms with Crippen LogP contribution in [0.1, 0.15) is 61.8 Å². The molecule has 0 fully saturated rings. The van der Waals surface area contributed by atoms with Crippen LogP contribution in [0, 0.1) is 13.8 Å². The molecule has 6 rings (SSSR count). The summed E-state index contributed by atoms with van der Waals surface area (Å²) in [6.45, 7) is 13.7. The van der Waals surface area contributed by atoms with Crippen molar-refractivity contribution in [1.82, 2.24) is 4.57 Å². The van der Waals surface area contributed by atoms with Crippen LogP contribution < -0.4 is 4.57 Å². The van der Waals surface area contributed by atoms with Crippen molar-refractivity contribution in [2.45, 2.75) is 53.4 Å². The molecule has 42 heavy (non-hydrogen) atoms. The highest BCUT2D eigenvalue weighted by atomic mass is 15.2. The van der Waals surface area contributed by atoms with E-state index in [0.29, 0.717) is 11.8 Å². The predicted octanol–water partition coefficient (Wildman–Crippen LogP) is 10.3. The van der Waals surface area contributed by atoms with Crippen molar-refractivity contribution in [3.8, 4) is 39.3 Å². The number of benzene rings is 5. The standard InChI is InChI=1S/C40H41N2/c1-26(2)34-24-33(31-16-12-9-13-17-31)25-35(27(3)4)39(34)42-37-21-18-28(5)22-38(37)41(7)40(42)36-23-32(20-19-29(36)6)30-14-10-8-11-15-30/h8-27H,1-7H3/q+1. The Kier molecular flexibility index (Phi) is 7.33. The predicted molar refractivity (Wildman–Crippen MR) is 178 cm³/mol. The van der Waals surface area contributed by atoms with Crippen molar-refractivity contribution < 1.29 is 4.57 Å². The number of hydrogen-bond donors (Lipinski definition) is 0. The number of rotatable bonds is 6. The van der Waals surface area contributed by atoms with Crippen molar-refractivity contribution in [2.24, 2.45) is 7.05 Å². The third-order valence-electron chi connectivity index (χ3n) is 8.59. The summed E-state index contributed by atoms with van der Waals surface area (Å²) in [5, 5.41) is 0. The van der Waals surface area contributed by atoms with Crippen molar-refractivity contribution in [2.75, 3.05) is 0 Å². The topological polar surface area (TPSA) is 8.81 Å². The van der Waals surface area contributed by atoms with E-state index in [9.17, 15) is 0 Å². The fraction of sp³-hybridized carbons (Fsp3) is 0.225. The highest BCUT2D eigenvalue weighted by Crippen LogP contribution is 2.40. The SMILES string of the molecule is Cc1ccc2c(c1)[n+](C)c(-c1cc(-c3ccccc3)ccc1C)n2-c1c(C(C)C)cc(-c2ccccc2)cc1C(C)C. The van der Waals surface area contributed by atoms with Gasteiger partial charge in [-0.05, 0) is 89.4 Å². The highest BCUT2D eigenvalue weighted by Gasteiger charge is 2.32. The summed E-state index contributed by atoms with van der Waals surface area (Å²) < 4.78 is 4.96. The Labute approximate surface area is 250 Å². The smallest absolute Gasteiger partial charge is 0.225 e. The average Bonchev–Trinajstić information content (AvgIpc) is 3.28. The molecule has 0 saturated heterocycles. The summed E-state index contributed by atoms with van der Waals surface area (Å²) >= 11 is 0. The lowest BCUT2D eigenvalue weighted by Crippen LogP contribution is -2.30. The average molecular weight is 550 g/mol. The lowest BCUT2D eigenvalue weighted by molar-refractivity contribution is -0.633. The normalized spacial score (nSPS) is 11.6. The first-order valence-corrected chi connectivity index (χ1v) is 15.2. The molecule has 1 aromatic heterocycles. The maximum atomic E-state index is 2.56. The fourth-order valence-corrected chi connectivity index (χ4v) is 6.29. The summed E-state index contributed by atoms with van der Waals surface area (Å²) in [6, 6.07) is 40.2. The summed E-state index contributed by atoms with van der Waals surface area (Å²) in [5.41, 5.74) is 15.3. The van der Waals surface area contributed by atoms with Gasteiger partial charge in [0.15, 0.2) is 11.0 Å². The highest BCUT2D eigenvalue weighted by molar-refractivity contribution is 5.83. The summed E-state index contributed by atoms with van der Waals surface area (Å²) in [4.78, 5) is 0. The van der Waals surface area contributed by atoms with Crippen LogP contribution in [0.2, 0.25) is 0 Å². The van der Waals surface area contributed by atoms with E-state index in [4.69, 9.17) is 0 Å². The zero-order chi connectivity index (χ0) is 29.5. The minimum atomic E-state index is 0.346. The third kappa shape index (κ3) is 4.86. The van der Waals surface area contributed by atoms with Crippen LogP contribution in [-0.2, 0) is 7.05 Å². The fourth-order valence-electron chi connectivity index (χ4n) is 6.29. The van der Waals surface area contributed by atoms with Gasteiger partial charge in [-0.2, -0.15) is 4.57 Å². The van der Waals surface area contributed by atoms with E-state index in [1.165, 1.54) is 72.6 Å². The molecule has 0 aliphatic heterocycles. The van der Waals surface area contributed by atoms with Crippen LogP contribution in [0.3, 0.4) is 0 Å². The van der Waals surface area contributed by atoms with Gasteiger partial charge in [0.1, 0.15) is 5.69 Å². The van der Waals surface area contributed by atoms with E-state index >= 15 is 0 Å². The molecule has 0 radical (unpaired) electrons.